The normalized spacial score (nSPS) is 9.39. The molecular weight excluding hydrogens is 295 g/mol. The molecule has 0 spiro atoms. The lowest BCUT2D eigenvalue weighted by Gasteiger charge is -2.23. The number of carbonyl (C=O) groups is 1. The van der Waals surface area contributed by atoms with Crippen LogP contribution in [-0.2, 0) is 4.79 Å². The predicted octanol–water partition coefficient (Wildman–Crippen LogP) is 1.99. The number of benzene rings is 1. The van der Waals surface area contributed by atoms with Gasteiger partial charge >= 0.3 is 0 Å². The molecule has 18 heavy (non-hydrogen) atoms. The van der Waals surface area contributed by atoms with E-state index in [1.165, 1.54) is 6.07 Å². The molecule has 0 heterocycles. The van der Waals surface area contributed by atoms with Gasteiger partial charge in [-0.1, -0.05) is 23.2 Å². The first-order valence-electron chi connectivity index (χ1n) is 4.66. The second kappa shape index (κ2) is 6.40. The van der Waals surface area contributed by atoms with E-state index in [9.17, 15) is 4.79 Å². The van der Waals surface area contributed by atoms with E-state index in [2.05, 4.69) is 5.43 Å². The summed E-state index contributed by atoms with van der Waals surface area (Å²) in [5.41, 5.74) is 8.32. The SMILES string of the molecule is N#CCC(=O)NN(C(N)=S)c1ccc(Cl)c(Cl)c1. The molecular formula is C10H8Cl2N4OS. The van der Waals surface area contributed by atoms with Gasteiger partial charge in [0, 0.05) is 0 Å². The molecule has 0 aliphatic rings. The molecule has 0 aliphatic carbocycles. The third-order valence-electron chi connectivity index (χ3n) is 1.86. The highest BCUT2D eigenvalue weighted by molar-refractivity contribution is 7.80. The standard InChI is InChI=1S/C10H8Cl2N4OS/c11-7-2-1-6(5-8(7)12)16(10(14)18)15-9(17)3-4-13/h1-2,5H,3H2,(H2,14,18)(H,15,17). The summed E-state index contributed by atoms with van der Waals surface area (Å²) >= 11 is 16.4. The van der Waals surface area contributed by atoms with E-state index in [1.807, 2.05) is 0 Å². The minimum absolute atomic E-state index is 0.0836. The van der Waals surface area contributed by atoms with Crippen molar-refractivity contribution in [3.63, 3.8) is 0 Å². The lowest BCUT2D eigenvalue weighted by molar-refractivity contribution is -0.120. The zero-order valence-electron chi connectivity index (χ0n) is 8.98. The first-order valence-corrected chi connectivity index (χ1v) is 5.83. The lowest BCUT2D eigenvalue weighted by atomic mass is 10.3. The van der Waals surface area contributed by atoms with E-state index in [-0.39, 0.29) is 11.5 Å². The number of carbonyl (C=O) groups excluding carboxylic acids is 1. The molecule has 0 bridgehead atoms. The molecule has 0 aromatic heterocycles. The Hall–Kier alpha value is -1.55. The number of nitriles is 1. The smallest absolute Gasteiger partial charge is 0.253 e. The van der Waals surface area contributed by atoms with Crippen LogP contribution < -0.4 is 16.2 Å². The van der Waals surface area contributed by atoms with Crippen LogP contribution in [0.4, 0.5) is 5.69 Å². The Balaban J connectivity index is 2.98. The minimum Gasteiger partial charge on any atom is -0.374 e. The number of hydrazine groups is 1. The fourth-order valence-corrected chi connectivity index (χ4v) is 1.55. The highest BCUT2D eigenvalue weighted by atomic mass is 35.5. The Morgan fingerprint density at radius 2 is 2.17 bits per heavy atom. The van der Waals surface area contributed by atoms with Gasteiger partial charge in [-0.25, -0.2) is 5.01 Å². The van der Waals surface area contributed by atoms with E-state index in [1.54, 1.807) is 18.2 Å². The first kappa shape index (κ1) is 14.5. The van der Waals surface area contributed by atoms with Gasteiger partial charge < -0.3 is 5.73 Å². The third kappa shape index (κ3) is 3.74. The van der Waals surface area contributed by atoms with Gasteiger partial charge in [0.2, 0.25) is 0 Å². The Bertz CT molecular complexity index is 529. The van der Waals surface area contributed by atoms with Crippen LogP contribution in [0.2, 0.25) is 10.0 Å². The summed E-state index contributed by atoms with van der Waals surface area (Å²) < 4.78 is 0. The number of hydrogen-bond acceptors (Lipinski definition) is 3. The third-order valence-corrected chi connectivity index (χ3v) is 2.78. The Morgan fingerprint density at radius 1 is 1.50 bits per heavy atom. The Morgan fingerprint density at radius 3 is 2.67 bits per heavy atom. The second-order valence-electron chi connectivity index (χ2n) is 3.14. The van der Waals surface area contributed by atoms with Crippen molar-refractivity contribution in [2.45, 2.75) is 6.42 Å². The molecule has 0 saturated carbocycles. The fraction of sp³-hybridized carbons (Fsp3) is 0.100. The highest BCUT2D eigenvalue weighted by Crippen LogP contribution is 2.26. The second-order valence-corrected chi connectivity index (χ2v) is 4.37. The van der Waals surface area contributed by atoms with Gasteiger partial charge in [-0.3, -0.25) is 10.2 Å². The molecule has 1 aromatic carbocycles. The van der Waals surface area contributed by atoms with Crippen molar-refractivity contribution in [3.8, 4) is 6.07 Å². The minimum atomic E-state index is -0.531. The molecule has 0 atom stereocenters. The molecule has 1 rings (SSSR count). The van der Waals surface area contributed by atoms with Crippen molar-refractivity contribution in [1.29, 1.82) is 5.26 Å². The molecule has 0 saturated heterocycles. The molecule has 5 nitrogen and oxygen atoms in total. The topological polar surface area (TPSA) is 82.2 Å². The van der Waals surface area contributed by atoms with Crippen molar-refractivity contribution in [2.75, 3.05) is 5.01 Å². The van der Waals surface area contributed by atoms with Gasteiger partial charge in [-0.15, -0.1) is 0 Å². The maximum Gasteiger partial charge on any atom is 0.253 e. The number of halogens is 2. The number of anilines is 1. The van der Waals surface area contributed by atoms with Crippen LogP contribution in [0.1, 0.15) is 6.42 Å². The molecule has 8 heteroatoms. The van der Waals surface area contributed by atoms with Crippen molar-refractivity contribution in [1.82, 2.24) is 5.43 Å². The van der Waals surface area contributed by atoms with E-state index >= 15 is 0 Å². The summed E-state index contributed by atoms with van der Waals surface area (Å²) in [5.74, 6) is -0.531. The molecule has 0 aliphatic heterocycles. The highest BCUT2D eigenvalue weighted by Gasteiger charge is 2.14. The van der Waals surface area contributed by atoms with E-state index in [4.69, 9.17) is 46.4 Å². The molecule has 1 aromatic rings. The van der Waals surface area contributed by atoms with Crippen LogP contribution >= 0.6 is 35.4 Å². The predicted molar refractivity (Wildman–Crippen MR) is 74.1 cm³/mol. The van der Waals surface area contributed by atoms with E-state index in [0.29, 0.717) is 15.7 Å². The molecule has 0 fully saturated rings. The molecule has 0 radical (unpaired) electrons. The summed E-state index contributed by atoms with van der Waals surface area (Å²) in [5, 5.41) is 10.1. The summed E-state index contributed by atoms with van der Waals surface area (Å²) in [6.45, 7) is 0. The number of nitrogens with zero attached hydrogens (tertiary/aromatic N) is 2. The molecule has 94 valence electrons. The van der Waals surface area contributed by atoms with Crippen LogP contribution in [0.3, 0.4) is 0 Å². The van der Waals surface area contributed by atoms with Gasteiger partial charge in [0.25, 0.3) is 5.91 Å². The van der Waals surface area contributed by atoms with Gasteiger partial charge in [0.15, 0.2) is 5.11 Å². The van der Waals surface area contributed by atoms with Crippen LogP contribution in [0.5, 0.6) is 0 Å². The van der Waals surface area contributed by atoms with Crippen LogP contribution in [0.15, 0.2) is 18.2 Å². The van der Waals surface area contributed by atoms with Crippen LogP contribution in [0.25, 0.3) is 0 Å². The van der Waals surface area contributed by atoms with Gasteiger partial charge in [-0.05, 0) is 30.4 Å². The van der Waals surface area contributed by atoms with Crippen LogP contribution in [0, 0.1) is 11.3 Å². The Kier molecular flexibility index (Phi) is 5.16. The van der Waals surface area contributed by atoms with Crippen LogP contribution in [-0.4, -0.2) is 11.0 Å². The summed E-state index contributed by atoms with van der Waals surface area (Å²) in [6, 6.07) is 6.34. The summed E-state index contributed by atoms with van der Waals surface area (Å²) in [7, 11) is 0. The first-order chi connectivity index (χ1) is 8.45. The zero-order chi connectivity index (χ0) is 13.7. The van der Waals surface area contributed by atoms with Crippen molar-refractivity contribution < 1.29 is 4.79 Å². The monoisotopic (exact) mass is 302 g/mol. The molecule has 3 N–H and O–H groups in total. The van der Waals surface area contributed by atoms with Gasteiger partial charge in [0.05, 0.1) is 21.8 Å². The van der Waals surface area contributed by atoms with E-state index < -0.39 is 5.91 Å². The number of nitrogens with one attached hydrogen (secondary N) is 1. The van der Waals surface area contributed by atoms with Gasteiger partial charge in [-0.2, -0.15) is 5.26 Å². The number of thiocarbonyl (C=S) groups is 1. The fourth-order valence-electron chi connectivity index (χ4n) is 1.11. The molecule has 1 amide bonds. The summed E-state index contributed by atoms with van der Waals surface area (Å²) in [6.07, 6.45) is -0.305. The average Bonchev–Trinajstić information content (AvgIpc) is 2.30. The van der Waals surface area contributed by atoms with Gasteiger partial charge in [0.1, 0.15) is 6.42 Å². The van der Waals surface area contributed by atoms with Crippen molar-refractivity contribution >= 4 is 52.1 Å². The number of amides is 1. The lowest BCUT2D eigenvalue weighted by Crippen LogP contribution is -2.49. The Labute approximate surface area is 119 Å². The quantitative estimate of drug-likeness (QED) is 0.645. The van der Waals surface area contributed by atoms with Crippen molar-refractivity contribution in [2.24, 2.45) is 5.73 Å². The number of rotatable bonds is 2. The maximum absolute atomic E-state index is 11.3. The van der Waals surface area contributed by atoms with Crippen molar-refractivity contribution in [3.05, 3.63) is 28.2 Å². The average molecular weight is 303 g/mol. The number of nitrogens with two attached hydrogens (primary N) is 1. The zero-order valence-corrected chi connectivity index (χ0v) is 11.3. The largest absolute Gasteiger partial charge is 0.374 e. The summed E-state index contributed by atoms with van der Waals surface area (Å²) in [4.78, 5) is 11.3. The number of hydrogen-bond donors (Lipinski definition) is 2. The van der Waals surface area contributed by atoms with E-state index in [0.717, 1.165) is 5.01 Å². The molecule has 0 unspecified atom stereocenters. The maximum atomic E-state index is 11.3.